The Bertz CT molecular complexity index is 611. The van der Waals surface area contributed by atoms with Crippen LogP contribution in [0, 0.1) is 10.1 Å². The largest absolute Gasteiger partial charge is 0.468 e. The Morgan fingerprint density at radius 3 is 3.06 bits per heavy atom. The molecule has 0 saturated carbocycles. The minimum Gasteiger partial charge on any atom is -0.468 e. The summed E-state index contributed by atoms with van der Waals surface area (Å²) in [4.78, 5) is 25.4. The number of hydrogen-bond donors (Lipinski definition) is 0. The zero-order valence-electron chi connectivity index (χ0n) is 9.28. The number of hydrogen-bond acceptors (Lipinski definition) is 7. The van der Waals surface area contributed by atoms with Gasteiger partial charge in [0.25, 0.3) is 5.69 Å². The van der Waals surface area contributed by atoms with Gasteiger partial charge in [-0.1, -0.05) is 11.8 Å². The van der Waals surface area contributed by atoms with Crippen LogP contribution in [-0.4, -0.2) is 28.7 Å². The molecule has 8 heteroatoms. The van der Waals surface area contributed by atoms with Crippen LogP contribution in [0.3, 0.4) is 0 Å². The molecule has 0 aliphatic carbocycles. The summed E-state index contributed by atoms with van der Waals surface area (Å²) < 4.78 is 5.95. The molecule has 1 aromatic carbocycles. The monoisotopic (exact) mass is 284 g/mol. The van der Waals surface area contributed by atoms with Crippen molar-refractivity contribution >= 4 is 45.0 Å². The van der Waals surface area contributed by atoms with Crippen molar-refractivity contribution in [3.8, 4) is 0 Å². The first kappa shape index (κ1) is 12.8. The number of nitro groups is 1. The highest BCUT2D eigenvalue weighted by molar-refractivity contribution is 8.01. The van der Waals surface area contributed by atoms with E-state index >= 15 is 0 Å². The van der Waals surface area contributed by atoms with Crippen LogP contribution < -0.4 is 0 Å². The molecule has 0 unspecified atom stereocenters. The smallest absolute Gasteiger partial charge is 0.316 e. The Morgan fingerprint density at radius 1 is 1.61 bits per heavy atom. The minimum atomic E-state index is -0.444. The Hall–Kier alpha value is -1.67. The third-order valence-electron chi connectivity index (χ3n) is 2.10. The lowest BCUT2D eigenvalue weighted by molar-refractivity contribution is -0.384. The van der Waals surface area contributed by atoms with Crippen LogP contribution in [-0.2, 0) is 9.53 Å². The Balaban J connectivity index is 2.22. The quantitative estimate of drug-likeness (QED) is 0.371. The predicted octanol–water partition coefficient (Wildman–Crippen LogP) is 2.47. The number of thiazole rings is 1. The highest BCUT2D eigenvalue weighted by atomic mass is 32.2. The van der Waals surface area contributed by atoms with E-state index in [1.807, 2.05) is 0 Å². The third kappa shape index (κ3) is 2.77. The number of non-ortho nitro benzene ring substituents is 1. The average molecular weight is 284 g/mol. The number of ether oxygens (including phenoxy) is 1. The number of benzene rings is 1. The fourth-order valence-corrected chi connectivity index (χ4v) is 3.18. The maximum atomic E-state index is 11.0. The second kappa shape index (κ2) is 5.32. The maximum absolute atomic E-state index is 11.0. The maximum Gasteiger partial charge on any atom is 0.316 e. The van der Waals surface area contributed by atoms with Crippen molar-refractivity contribution in [3.63, 3.8) is 0 Å². The molecule has 0 aliphatic rings. The number of aromatic nitrogens is 1. The van der Waals surface area contributed by atoms with Gasteiger partial charge in [-0.3, -0.25) is 14.9 Å². The van der Waals surface area contributed by atoms with Crippen molar-refractivity contribution in [3.05, 3.63) is 28.3 Å². The van der Waals surface area contributed by atoms with Gasteiger partial charge < -0.3 is 4.74 Å². The highest BCUT2D eigenvalue weighted by Gasteiger charge is 2.11. The first-order valence-corrected chi connectivity index (χ1v) is 6.65. The summed E-state index contributed by atoms with van der Waals surface area (Å²) in [6.07, 6.45) is 0. The minimum absolute atomic E-state index is 0.0377. The van der Waals surface area contributed by atoms with E-state index in [1.54, 1.807) is 6.07 Å². The number of esters is 1. The lowest BCUT2D eigenvalue weighted by atomic mass is 10.3. The number of thioether (sulfide) groups is 1. The lowest BCUT2D eigenvalue weighted by Gasteiger charge is -1.94. The molecule has 18 heavy (non-hydrogen) atoms. The molecule has 1 aromatic heterocycles. The summed E-state index contributed by atoms with van der Waals surface area (Å²) in [5.74, 6) is -0.150. The van der Waals surface area contributed by atoms with Crippen molar-refractivity contribution in [1.82, 2.24) is 4.98 Å². The number of carbonyl (C=O) groups is 1. The van der Waals surface area contributed by atoms with Gasteiger partial charge in [0.1, 0.15) is 0 Å². The molecule has 94 valence electrons. The van der Waals surface area contributed by atoms with E-state index in [0.717, 1.165) is 4.70 Å². The summed E-state index contributed by atoms with van der Waals surface area (Å²) in [6.45, 7) is 0. The average Bonchev–Trinajstić information content (AvgIpc) is 2.77. The number of fused-ring (bicyclic) bond motifs is 1. The van der Waals surface area contributed by atoms with E-state index in [1.165, 1.54) is 42.3 Å². The lowest BCUT2D eigenvalue weighted by Crippen LogP contribution is -2.02. The predicted molar refractivity (Wildman–Crippen MR) is 69.0 cm³/mol. The van der Waals surface area contributed by atoms with Gasteiger partial charge in [0.05, 0.1) is 28.0 Å². The van der Waals surface area contributed by atoms with E-state index in [2.05, 4.69) is 9.72 Å². The van der Waals surface area contributed by atoms with E-state index in [0.29, 0.717) is 9.86 Å². The molecule has 0 spiro atoms. The molecule has 0 radical (unpaired) electrons. The second-order valence-electron chi connectivity index (χ2n) is 3.25. The van der Waals surface area contributed by atoms with Crippen LogP contribution in [0.4, 0.5) is 5.69 Å². The Morgan fingerprint density at radius 2 is 2.39 bits per heavy atom. The second-order valence-corrected chi connectivity index (χ2v) is 5.51. The molecule has 0 N–H and O–H groups in total. The zero-order valence-corrected chi connectivity index (χ0v) is 10.9. The number of methoxy groups -OCH3 is 1. The molecule has 0 amide bonds. The summed E-state index contributed by atoms with van der Waals surface area (Å²) in [5, 5.41) is 10.6. The van der Waals surface area contributed by atoms with E-state index in [4.69, 9.17) is 0 Å². The first-order valence-electron chi connectivity index (χ1n) is 4.85. The number of nitrogens with zero attached hydrogens (tertiary/aromatic N) is 2. The van der Waals surface area contributed by atoms with Crippen LogP contribution in [0.25, 0.3) is 10.2 Å². The van der Waals surface area contributed by atoms with Crippen LogP contribution in [0.1, 0.15) is 0 Å². The molecule has 0 fully saturated rings. The topological polar surface area (TPSA) is 82.3 Å². The van der Waals surface area contributed by atoms with Gasteiger partial charge in [-0.25, -0.2) is 4.98 Å². The van der Waals surface area contributed by atoms with Crippen LogP contribution in [0.2, 0.25) is 0 Å². The summed E-state index contributed by atoms with van der Waals surface area (Å²) in [5.41, 5.74) is 0.730. The SMILES string of the molecule is COC(=O)CSc1nc2ccc([N+](=O)[O-])cc2s1. The Labute approximate surface area is 110 Å². The van der Waals surface area contributed by atoms with Crippen molar-refractivity contribution in [2.45, 2.75) is 4.34 Å². The molecule has 0 bridgehead atoms. The fourth-order valence-electron chi connectivity index (χ4n) is 1.25. The van der Waals surface area contributed by atoms with Gasteiger partial charge in [0.2, 0.25) is 0 Å². The third-order valence-corrected chi connectivity index (χ3v) is 4.24. The van der Waals surface area contributed by atoms with Crippen LogP contribution >= 0.6 is 23.1 Å². The molecule has 1 heterocycles. The molecule has 0 saturated heterocycles. The Kier molecular flexibility index (Phi) is 3.78. The van der Waals surface area contributed by atoms with Gasteiger partial charge in [-0.2, -0.15) is 0 Å². The highest BCUT2D eigenvalue weighted by Crippen LogP contribution is 2.31. The molecule has 2 rings (SSSR count). The van der Waals surface area contributed by atoms with Crippen molar-refractivity contribution in [2.24, 2.45) is 0 Å². The van der Waals surface area contributed by atoms with Gasteiger partial charge >= 0.3 is 5.97 Å². The van der Waals surface area contributed by atoms with Crippen LogP contribution in [0.15, 0.2) is 22.5 Å². The van der Waals surface area contributed by atoms with Gasteiger partial charge in [-0.15, -0.1) is 11.3 Å². The standard InChI is InChI=1S/C10H8N2O4S2/c1-16-9(13)5-17-10-11-7-3-2-6(12(14)15)4-8(7)18-10/h2-4H,5H2,1H3. The van der Waals surface area contributed by atoms with E-state index in [-0.39, 0.29) is 17.4 Å². The van der Waals surface area contributed by atoms with Crippen LogP contribution in [0.5, 0.6) is 0 Å². The molecule has 2 aromatic rings. The summed E-state index contributed by atoms with van der Waals surface area (Å²) in [6, 6.07) is 4.50. The fraction of sp³-hybridized carbons (Fsp3) is 0.200. The van der Waals surface area contributed by atoms with Crippen molar-refractivity contribution in [2.75, 3.05) is 12.9 Å². The number of rotatable bonds is 4. The van der Waals surface area contributed by atoms with Crippen molar-refractivity contribution < 1.29 is 14.5 Å². The zero-order chi connectivity index (χ0) is 13.1. The molecular formula is C10H8N2O4S2. The van der Waals surface area contributed by atoms with E-state index in [9.17, 15) is 14.9 Å². The molecule has 0 atom stereocenters. The number of carbonyl (C=O) groups excluding carboxylic acids is 1. The molecular weight excluding hydrogens is 276 g/mol. The van der Waals surface area contributed by atoms with Gasteiger partial charge in [0, 0.05) is 12.1 Å². The van der Waals surface area contributed by atoms with Gasteiger partial charge in [-0.05, 0) is 6.07 Å². The van der Waals surface area contributed by atoms with Crippen molar-refractivity contribution in [1.29, 1.82) is 0 Å². The van der Waals surface area contributed by atoms with Gasteiger partial charge in [0.15, 0.2) is 4.34 Å². The normalized spacial score (nSPS) is 10.5. The molecule has 0 aliphatic heterocycles. The molecule has 6 nitrogen and oxygen atoms in total. The first-order chi connectivity index (χ1) is 8.60. The summed E-state index contributed by atoms with van der Waals surface area (Å²) >= 11 is 2.58. The number of nitro benzene ring substituents is 1. The van der Waals surface area contributed by atoms with E-state index < -0.39 is 4.92 Å². The summed E-state index contributed by atoms with van der Waals surface area (Å²) in [7, 11) is 1.32.